The van der Waals surface area contributed by atoms with Gasteiger partial charge in [-0.15, -0.1) is 0 Å². The first kappa shape index (κ1) is 26.4. The molecule has 0 radical (unpaired) electrons. The Morgan fingerprint density at radius 3 is 2.50 bits per heavy atom. The average Bonchev–Trinajstić information content (AvgIpc) is 3.10. The second-order valence-electron chi connectivity index (χ2n) is 8.09. The lowest BCUT2D eigenvalue weighted by Crippen LogP contribution is -2.15. The Balaban J connectivity index is 1.97. The molecule has 3 aromatic rings. The van der Waals surface area contributed by atoms with Gasteiger partial charge in [0.25, 0.3) is 5.91 Å². The standard InChI is InChI=1S/C27H26F3N3O3/c1-5-11-33-17(2)12-19(18(33)3)13-20(16-31)26(34)32-24-14-21(27(28,29)30)9-10-25(24)36-23-8-6-7-22(15-23)35-4/h6-10,12-15H,5,11H2,1-4H3,(H,32,34)/b20-13-. The number of ether oxygens (including phenoxy) is 2. The van der Waals surface area contributed by atoms with E-state index in [1.54, 1.807) is 24.3 Å². The van der Waals surface area contributed by atoms with Crippen molar-refractivity contribution in [3.63, 3.8) is 0 Å². The van der Waals surface area contributed by atoms with Crippen molar-refractivity contribution >= 4 is 17.7 Å². The minimum absolute atomic E-state index is 0.0250. The van der Waals surface area contributed by atoms with Crippen molar-refractivity contribution in [3.05, 3.63) is 76.6 Å². The maximum atomic E-state index is 13.4. The molecule has 0 spiro atoms. The lowest BCUT2D eigenvalue weighted by atomic mass is 10.1. The van der Waals surface area contributed by atoms with Crippen LogP contribution >= 0.6 is 0 Å². The molecule has 1 aromatic heterocycles. The molecule has 1 amide bonds. The summed E-state index contributed by atoms with van der Waals surface area (Å²) in [6.07, 6.45) is -2.30. The fourth-order valence-electron chi connectivity index (χ4n) is 3.72. The summed E-state index contributed by atoms with van der Waals surface area (Å²) in [5.41, 5.74) is 1.10. The molecule has 0 saturated heterocycles. The molecule has 1 heterocycles. The number of nitriles is 1. The predicted octanol–water partition coefficient (Wildman–Crippen LogP) is 6.88. The maximum absolute atomic E-state index is 13.4. The van der Waals surface area contributed by atoms with Crippen LogP contribution < -0.4 is 14.8 Å². The zero-order valence-electron chi connectivity index (χ0n) is 20.4. The van der Waals surface area contributed by atoms with Crippen molar-refractivity contribution in [1.29, 1.82) is 5.26 Å². The van der Waals surface area contributed by atoms with Crippen LogP contribution in [0.5, 0.6) is 17.2 Å². The summed E-state index contributed by atoms with van der Waals surface area (Å²) in [6.45, 7) is 6.64. The van der Waals surface area contributed by atoms with Gasteiger partial charge in [-0.1, -0.05) is 13.0 Å². The highest BCUT2D eigenvalue weighted by molar-refractivity contribution is 6.10. The zero-order valence-corrected chi connectivity index (χ0v) is 20.4. The van der Waals surface area contributed by atoms with Crippen LogP contribution in [0.15, 0.2) is 54.1 Å². The summed E-state index contributed by atoms with van der Waals surface area (Å²) < 4.78 is 53.1. The highest BCUT2D eigenvalue weighted by atomic mass is 19.4. The zero-order chi connectivity index (χ0) is 26.5. The third kappa shape index (κ3) is 6.08. The van der Waals surface area contributed by atoms with Crippen LogP contribution in [0.2, 0.25) is 0 Å². The Labute approximate surface area is 207 Å². The van der Waals surface area contributed by atoms with E-state index in [0.29, 0.717) is 17.1 Å². The molecule has 9 heteroatoms. The predicted molar refractivity (Wildman–Crippen MR) is 131 cm³/mol. The summed E-state index contributed by atoms with van der Waals surface area (Å²) in [6, 6.07) is 12.9. The van der Waals surface area contributed by atoms with Crippen molar-refractivity contribution in [3.8, 4) is 23.3 Å². The number of methoxy groups -OCH3 is 1. The molecule has 188 valence electrons. The molecule has 0 aliphatic carbocycles. The van der Waals surface area contributed by atoms with Crippen LogP contribution in [0.3, 0.4) is 0 Å². The first-order chi connectivity index (χ1) is 17.1. The van der Waals surface area contributed by atoms with Gasteiger partial charge in [0.2, 0.25) is 0 Å². The number of aryl methyl sites for hydroxylation is 1. The average molecular weight is 498 g/mol. The number of aromatic nitrogens is 1. The van der Waals surface area contributed by atoms with Crippen molar-refractivity contribution < 1.29 is 27.4 Å². The van der Waals surface area contributed by atoms with E-state index in [2.05, 4.69) is 9.88 Å². The van der Waals surface area contributed by atoms with Gasteiger partial charge in [-0.05, 0) is 68.3 Å². The number of halogens is 3. The molecule has 0 bridgehead atoms. The Hall–Kier alpha value is -4.19. The number of rotatable bonds is 8. The van der Waals surface area contributed by atoms with Crippen molar-refractivity contribution in [2.75, 3.05) is 12.4 Å². The third-order valence-electron chi connectivity index (χ3n) is 5.55. The van der Waals surface area contributed by atoms with E-state index in [-0.39, 0.29) is 17.0 Å². The van der Waals surface area contributed by atoms with Gasteiger partial charge >= 0.3 is 6.18 Å². The van der Waals surface area contributed by atoms with Crippen LogP contribution in [0.4, 0.5) is 18.9 Å². The molecular weight excluding hydrogens is 471 g/mol. The summed E-state index contributed by atoms with van der Waals surface area (Å²) in [5.74, 6) is -0.0972. The molecular formula is C27H26F3N3O3. The molecule has 0 fully saturated rings. The second kappa shape index (κ2) is 11.0. The molecule has 2 aromatic carbocycles. The molecule has 0 aliphatic heterocycles. The van der Waals surface area contributed by atoms with E-state index < -0.39 is 17.6 Å². The highest BCUT2D eigenvalue weighted by Gasteiger charge is 2.31. The Kier molecular flexibility index (Phi) is 8.10. The summed E-state index contributed by atoms with van der Waals surface area (Å²) >= 11 is 0. The monoisotopic (exact) mass is 497 g/mol. The van der Waals surface area contributed by atoms with Crippen LogP contribution in [0.1, 0.15) is 35.9 Å². The van der Waals surface area contributed by atoms with E-state index in [1.807, 2.05) is 32.9 Å². The van der Waals surface area contributed by atoms with Gasteiger partial charge in [-0.3, -0.25) is 4.79 Å². The minimum Gasteiger partial charge on any atom is -0.497 e. The number of anilines is 1. The molecule has 0 aliphatic rings. The van der Waals surface area contributed by atoms with Gasteiger partial charge in [0, 0.05) is 24.0 Å². The largest absolute Gasteiger partial charge is 0.497 e. The van der Waals surface area contributed by atoms with Crippen LogP contribution in [0, 0.1) is 25.2 Å². The topological polar surface area (TPSA) is 76.3 Å². The number of carbonyl (C=O) groups excluding carboxylic acids is 1. The van der Waals surface area contributed by atoms with E-state index in [4.69, 9.17) is 9.47 Å². The van der Waals surface area contributed by atoms with Gasteiger partial charge in [-0.2, -0.15) is 18.4 Å². The minimum atomic E-state index is -4.64. The van der Waals surface area contributed by atoms with Gasteiger partial charge in [0.15, 0.2) is 5.75 Å². The van der Waals surface area contributed by atoms with Crippen molar-refractivity contribution in [1.82, 2.24) is 4.57 Å². The number of nitrogens with one attached hydrogen (secondary N) is 1. The first-order valence-corrected chi connectivity index (χ1v) is 11.2. The Morgan fingerprint density at radius 1 is 1.14 bits per heavy atom. The molecule has 0 unspecified atom stereocenters. The lowest BCUT2D eigenvalue weighted by molar-refractivity contribution is -0.137. The van der Waals surface area contributed by atoms with Gasteiger partial charge in [-0.25, -0.2) is 0 Å². The van der Waals surface area contributed by atoms with E-state index in [1.165, 1.54) is 13.2 Å². The number of alkyl halides is 3. The fourth-order valence-corrected chi connectivity index (χ4v) is 3.72. The highest BCUT2D eigenvalue weighted by Crippen LogP contribution is 2.37. The fraction of sp³-hybridized carbons (Fsp3) is 0.259. The number of nitrogens with zero attached hydrogens (tertiary/aromatic N) is 2. The molecule has 6 nitrogen and oxygen atoms in total. The number of benzene rings is 2. The van der Waals surface area contributed by atoms with Gasteiger partial charge < -0.3 is 19.4 Å². The SMILES string of the molecule is CCCn1c(C)cc(/C=C(/C#N)C(=O)Nc2cc(C(F)(F)F)ccc2Oc2cccc(OC)c2)c1C. The number of amides is 1. The molecule has 0 saturated carbocycles. The number of hydrogen-bond acceptors (Lipinski definition) is 4. The smallest absolute Gasteiger partial charge is 0.416 e. The van der Waals surface area contributed by atoms with E-state index in [9.17, 15) is 23.2 Å². The third-order valence-corrected chi connectivity index (χ3v) is 5.55. The number of carbonyl (C=O) groups is 1. The first-order valence-electron chi connectivity index (χ1n) is 11.2. The second-order valence-corrected chi connectivity index (χ2v) is 8.09. The molecule has 0 atom stereocenters. The van der Waals surface area contributed by atoms with Crippen LogP contribution in [-0.2, 0) is 17.5 Å². The molecule has 36 heavy (non-hydrogen) atoms. The van der Waals surface area contributed by atoms with Crippen LogP contribution in [0.25, 0.3) is 6.08 Å². The van der Waals surface area contributed by atoms with E-state index >= 15 is 0 Å². The van der Waals surface area contributed by atoms with Crippen molar-refractivity contribution in [2.45, 2.75) is 39.9 Å². The normalized spacial score (nSPS) is 11.7. The van der Waals surface area contributed by atoms with E-state index in [0.717, 1.165) is 42.6 Å². The van der Waals surface area contributed by atoms with Crippen molar-refractivity contribution in [2.24, 2.45) is 0 Å². The number of hydrogen-bond donors (Lipinski definition) is 1. The Bertz CT molecular complexity index is 1330. The lowest BCUT2D eigenvalue weighted by Gasteiger charge is -2.15. The van der Waals surface area contributed by atoms with Crippen LogP contribution in [-0.4, -0.2) is 17.6 Å². The van der Waals surface area contributed by atoms with Gasteiger partial charge in [0.1, 0.15) is 23.1 Å². The quantitative estimate of drug-likeness (QED) is 0.272. The maximum Gasteiger partial charge on any atom is 0.416 e. The molecule has 3 rings (SSSR count). The summed E-state index contributed by atoms with van der Waals surface area (Å²) in [4.78, 5) is 13.0. The Morgan fingerprint density at radius 2 is 1.86 bits per heavy atom. The molecule has 1 N–H and O–H groups in total. The summed E-state index contributed by atoms with van der Waals surface area (Å²) in [5, 5.41) is 12.1. The summed E-state index contributed by atoms with van der Waals surface area (Å²) in [7, 11) is 1.47. The van der Waals surface area contributed by atoms with Gasteiger partial charge in [0.05, 0.1) is 18.4 Å².